The fraction of sp³-hybridized carbons (Fsp3) is 0.636. The van der Waals surface area contributed by atoms with Crippen LogP contribution in [-0.2, 0) is 0 Å². The van der Waals surface area contributed by atoms with E-state index in [1.165, 1.54) is 25.7 Å². The van der Waals surface area contributed by atoms with Crippen molar-refractivity contribution in [2.24, 2.45) is 0 Å². The Hall–Kier alpha value is -0.830. The summed E-state index contributed by atoms with van der Waals surface area (Å²) in [4.78, 5) is 11.2. The average molecular weight is 224 g/mol. The summed E-state index contributed by atoms with van der Waals surface area (Å²) in [5, 5.41) is 0.591. The van der Waals surface area contributed by atoms with Gasteiger partial charge in [0.05, 0.1) is 0 Å². The maximum atomic E-state index is 6.02. The van der Waals surface area contributed by atoms with Crippen LogP contribution in [0.25, 0.3) is 0 Å². The SMILES string of the molecule is Clc1cc(N2CCCC2)nc(C2CC2)n1. The molecule has 1 aromatic heterocycles. The summed E-state index contributed by atoms with van der Waals surface area (Å²) in [6.07, 6.45) is 4.97. The van der Waals surface area contributed by atoms with E-state index in [-0.39, 0.29) is 0 Å². The molecule has 1 saturated carbocycles. The Morgan fingerprint density at radius 1 is 1.20 bits per heavy atom. The van der Waals surface area contributed by atoms with Gasteiger partial charge in [0.25, 0.3) is 0 Å². The number of aromatic nitrogens is 2. The number of anilines is 1. The molecule has 80 valence electrons. The highest BCUT2D eigenvalue weighted by atomic mass is 35.5. The van der Waals surface area contributed by atoms with E-state index in [1.54, 1.807) is 0 Å². The minimum Gasteiger partial charge on any atom is -0.356 e. The fourth-order valence-corrected chi connectivity index (χ4v) is 2.24. The number of halogens is 1. The molecule has 0 radical (unpaired) electrons. The fourth-order valence-electron chi connectivity index (χ4n) is 2.06. The van der Waals surface area contributed by atoms with Gasteiger partial charge >= 0.3 is 0 Å². The van der Waals surface area contributed by atoms with Crippen LogP contribution in [0.15, 0.2) is 6.07 Å². The molecule has 2 heterocycles. The molecule has 3 nitrogen and oxygen atoms in total. The average Bonchev–Trinajstić information content (AvgIpc) is 2.93. The molecule has 0 bridgehead atoms. The normalized spacial score (nSPS) is 21.0. The van der Waals surface area contributed by atoms with Crippen LogP contribution in [0.5, 0.6) is 0 Å². The molecule has 2 fully saturated rings. The topological polar surface area (TPSA) is 29.0 Å². The monoisotopic (exact) mass is 223 g/mol. The van der Waals surface area contributed by atoms with Crippen LogP contribution in [0.4, 0.5) is 5.82 Å². The van der Waals surface area contributed by atoms with Crippen molar-refractivity contribution in [2.75, 3.05) is 18.0 Å². The van der Waals surface area contributed by atoms with Gasteiger partial charge in [-0.2, -0.15) is 0 Å². The Morgan fingerprint density at radius 2 is 1.93 bits per heavy atom. The van der Waals surface area contributed by atoms with Gasteiger partial charge in [-0.25, -0.2) is 9.97 Å². The van der Waals surface area contributed by atoms with Crippen molar-refractivity contribution in [3.05, 3.63) is 17.0 Å². The second-order valence-electron chi connectivity index (χ2n) is 4.38. The van der Waals surface area contributed by atoms with Gasteiger partial charge in [0.2, 0.25) is 0 Å². The third-order valence-corrected chi connectivity index (χ3v) is 3.26. The first-order valence-corrected chi connectivity index (χ1v) is 6.00. The van der Waals surface area contributed by atoms with Crippen LogP contribution in [-0.4, -0.2) is 23.1 Å². The van der Waals surface area contributed by atoms with Crippen LogP contribution >= 0.6 is 11.6 Å². The minimum atomic E-state index is 0.574. The molecular formula is C11H14ClN3. The lowest BCUT2D eigenvalue weighted by Gasteiger charge is -2.16. The van der Waals surface area contributed by atoms with Crippen LogP contribution in [0.3, 0.4) is 0 Å². The Kier molecular flexibility index (Phi) is 2.28. The minimum absolute atomic E-state index is 0.574. The summed E-state index contributed by atoms with van der Waals surface area (Å²) in [5.41, 5.74) is 0. The molecule has 0 amide bonds. The molecule has 0 spiro atoms. The largest absolute Gasteiger partial charge is 0.356 e. The van der Waals surface area contributed by atoms with Crippen LogP contribution in [0.1, 0.15) is 37.4 Å². The van der Waals surface area contributed by atoms with Gasteiger partial charge in [0.15, 0.2) is 0 Å². The Labute approximate surface area is 94.5 Å². The molecule has 4 heteroatoms. The predicted octanol–water partition coefficient (Wildman–Crippen LogP) is 2.61. The number of hydrogen-bond donors (Lipinski definition) is 0. The van der Waals surface area contributed by atoms with Gasteiger partial charge in [-0.05, 0) is 25.7 Å². The summed E-state index contributed by atoms with van der Waals surface area (Å²) in [7, 11) is 0. The van der Waals surface area contributed by atoms with Crippen molar-refractivity contribution in [3.63, 3.8) is 0 Å². The van der Waals surface area contributed by atoms with Gasteiger partial charge in [-0.1, -0.05) is 11.6 Å². The zero-order valence-corrected chi connectivity index (χ0v) is 9.37. The van der Waals surface area contributed by atoms with Crippen LogP contribution in [0, 0.1) is 0 Å². The van der Waals surface area contributed by atoms with Gasteiger partial charge in [-0.15, -0.1) is 0 Å². The molecule has 1 aliphatic heterocycles. The Balaban J connectivity index is 1.91. The zero-order valence-electron chi connectivity index (χ0n) is 8.62. The van der Waals surface area contributed by atoms with Crippen molar-refractivity contribution in [1.29, 1.82) is 0 Å². The molecule has 15 heavy (non-hydrogen) atoms. The van der Waals surface area contributed by atoms with E-state index < -0.39 is 0 Å². The first-order chi connectivity index (χ1) is 7.33. The maximum Gasteiger partial charge on any atom is 0.135 e. The summed E-state index contributed by atoms with van der Waals surface area (Å²) in [6.45, 7) is 2.22. The van der Waals surface area contributed by atoms with E-state index in [1.807, 2.05) is 6.07 Å². The summed E-state index contributed by atoms with van der Waals surface area (Å²) in [6, 6.07) is 1.89. The van der Waals surface area contributed by atoms with E-state index in [9.17, 15) is 0 Å². The third-order valence-electron chi connectivity index (χ3n) is 3.07. The smallest absolute Gasteiger partial charge is 0.135 e. The van der Waals surface area contributed by atoms with Gasteiger partial charge in [0.1, 0.15) is 16.8 Å². The van der Waals surface area contributed by atoms with Gasteiger partial charge < -0.3 is 4.90 Å². The quantitative estimate of drug-likeness (QED) is 0.722. The van der Waals surface area contributed by atoms with Crippen molar-refractivity contribution >= 4 is 17.4 Å². The molecule has 2 aliphatic rings. The molecule has 3 rings (SSSR count). The van der Waals surface area contributed by atoms with E-state index >= 15 is 0 Å². The molecule has 0 unspecified atom stereocenters. The second kappa shape index (κ2) is 3.63. The highest BCUT2D eigenvalue weighted by Gasteiger charge is 2.28. The Bertz CT molecular complexity index is 370. The molecule has 0 aromatic carbocycles. The van der Waals surface area contributed by atoms with Crippen LogP contribution < -0.4 is 4.90 Å². The van der Waals surface area contributed by atoms with E-state index in [0.717, 1.165) is 24.7 Å². The summed E-state index contributed by atoms with van der Waals surface area (Å²) >= 11 is 6.02. The first-order valence-electron chi connectivity index (χ1n) is 5.62. The predicted molar refractivity (Wildman–Crippen MR) is 60.5 cm³/mol. The molecule has 1 aliphatic carbocycles. The van der Waals surface area contributed by atoms with Crippen molar-refractivity contribution < 1.29 is 0 Å². The summed E-state index contributed by atoms with van der Waals surface area (Å²) in [5.74, 6) is 2.55. The van der Waals surface area contributed by atoms with Crippen molar-refractivity contribution in [3.8, 4) is 0 Å². The molecule has 1 saturated heterocycles. The van der Waals surface area contributed by atoms with Crippen LogP contribution in [0.2, 0.25) is 5.15 Å². The number of rotatable bonds is 2. The first kappa shape index (κ1) is 9.40. The van der Waals surface area contributed by atoms with E-state index in [2.05, 4.69) is 14.9 Å². The van der Waals surface area contributed by atoms with Gasteiger partial charge in [-0.3, -0.25) is 0 Å². The lowest BCUT2D eigenvalue weighted by Crippen LogP contribution is -2.19. The second-order valence-corrected chi connectivity index (χ2v) is 4.76. The van der Waals surface area contributed by atoms with E-state index in [4.69, 9.17) is 11.6 Å². The maximum absolute atomic E-state index is 6.02. The third kappa shape index (κ3) is 1.93. The molecule has 0 N–H and O–H groups in total. The summed E-state index contributed by atoms with van der Waals surface area (Å²) < 4.78 is 0. The number of hydrogen-bond acceptors (Lipinski definition) is 3. The Morgan fingerprint density at radius 3 is 2.60 bits per heavy atom. The molecule has 0 atom stereocenters. The highest BCUT2D eigenvalue weighted by molar-refractivity contribution is 6.29. The van der Waals surface area contributed by atoms with Gasteiger partial charge in [0, 0.05) is 25.1 Å². The lowest BCUT2D eigenvalue weighted by atomic mass is 10.4. The van der Waals surface area contributed by atoms with E-state index in [0.29, 0.717) is 11.1 Å². The lowest BCUT2D eigenvalue weighted by molar-refractivity contribution is 0.872. The number of nitrogens with zero attached hydrogens (tertiary/aromatic N) is 3. The van der Waals surface area contributed by atoms with Crippen molar-refractivity contribution in [2.45, 2.75) is 31.6 Å². The standard InChI is InChI=1S/C11H14ClN3/c12-9-7-10(15-5-1-2-6-15)14-11(13-9)8-3-4-8/h7-8H,1-6H2. The highest BCUT2D eigenvalue weighted by Crippen LogP contribution is 2.39. The van der Waals surface area contributed by atoms with Crippen molar-refractivity contribution in [1.82, 2.24) is 9.97 Å². The zero-order chi connectivity index (χ0) is 10.3. The molecule has 1 aromatic rings. The molecular weight excluding hydrogens is 210 g/mol.